The van der Waals surface area contributed by atoms with Crippen LogP contribution in [0.3, 0.4) is 0 Å². The number of carbonyl (C=O) groups is 1. The average molecular weight is 300 g/mol. The van der Waals surface area contributed by atoms with E-state index < -0.39 is 0 Å². The molecule has 22 heavy (non-hydrogen) atoms. The van der Waals surface area contributed by atoms with Gasteiger partial charge < -0.3 is 5.32 Å². The number of pyridine rings is 1. The fourth-order valence-electron chi connectivity index (χ4n) is 3.90. The van der Waals surface area contributed by atoms with Gasteiger partial charge in [0.15, 0.2) is 5.78 Å². The van der Waals surface area contributed by atoms with Gasteiger partial charge in [0.2, 0.25) is 0 Å². The molecule has 0 saturated heterocycles. The molecule has 3 rings (SSSR count). The summed E-state index contributed by atoms with van der Waals surface area (Å²) in [4.78, 5) is 17.6. The number of fused-ring (bicyclic) bond motifs is 3. The summed E-state index contributed by atoms with van der Waals surface area (Å²) >= 11 is 0. The molecular formula is C19H28N2O. The Morgan fingerprint density at radius 2 is 1.86 bits per heavy atom. The van der Waals surface area contributed by atoms with Crippen molar-refractivity contribution in [3.05, 3.63) is 22.4 Å². The lowest BCUT2D eigenvalue weighted by Gasteiger charge is -2.33. The molecule has 0 atom stereocenters. The zero-order valence-electron chi connectivity index (χ0n) is 14.2. The highest BCUT2D eigenvalue weighted by molar-refractivity contribution is 6.00. The number of aromatic nitrogens is 1. The number of hydrogen-bond donors (Lipinski definition) is 1. The molecule has 3 heteroatoms. The third-order valence-corrected chi connectivity index (χ3v) is 4.98. The Bertz CT molecular complexity index is 590. The molecular weight excluding hydrogens is 272 g/mol. The predicted molar refractivity (Wildman–Crippen MR) is 90.7 cm³/mol. The summed E-state index contributed by atoms with van der Waals surface area (Å²) in [5, 5.41) is 3.54. The molecule has 1 aromatic heterocycles. The van der Waals surface area contributed by atoms with Crippen LogP contribution >= 0.6 is 0 Å². The average Bonchev–Trinajstić information content (AvgIpc) is 2.45. The Hall–Kier alpha value is -1.38. The van der Waals surface area contributed by atoms with Gasteiger partial charge in [-0.3, -0.25) is 4.79 Å². The number of ketones is 1. The van der Waals surface area contributed by atoms with E-state index in [4.69, 9.17) is 4.98 Å². The third kappa shape index (κ3) is 2.90. The molecule has 120 valence electrons. The molecule has 1 N–H and O–H groups in total. The van der Waals surface area contributed by atoms with Crippen molar-refractivity contribution in [3.63, 3.8) is 0 Å². The fraction of sp³-hybridized carbons (Fsp3) is 0.684. The van der Waals surface area contributed by atoms with Crippen molar-refractivity contribution >= 4 is 11.6 Å². The molecule has 0 saturated carbocycles. The van der Waals surface area contributed by atoms with Crippen molar-refractivity contribution in [1.82, 2.24) is 4.98 Å². The van der Waals surface area contributed by atoms with Gasteiger partial charge in [-0.2, -0.15) is 0 Å². The van der Waals surface area contributed by atoms with E-state index >= 15 is 0 Å². The molecule has 0 bridgehead atoms. The largest absolute Gasteiger partial charge is 0.370 e. The smallest absolute Gasteiger partial charge is 0.165 e. The van der Waals surface area contributed by atoms with Crippen LogP contribution in [0.15, 0.2) is 0 Å². The molecule has 0 amide bonds. The van der Waals surface area contributed by atoms with Gasteiger partial charge in [-0.05, 0) is 55.1 Å². The van der Waals surface area contributed by atoms with Crippen LogP contribution in [-0.2, 0) is 19.3 Å². The van der Waals surface area contributed by atoms with Crippen molar-refractivity contribution in [2.24, 2.45) is 5.41 Å². The highest BCUT2D eigenvalue weighted by Crippen LogP contribution is 2.39. The maximum atomic E-state index is 12.7. The topological polar surface area (TPSA) is 42.0 Å². The summed E-state index contributed by atoms with van der Waals surface area (Å²) in [6.07, 6.45) is 8.48. The molecule has 0 aromatic carbocycles. The monoisotopic (exact) mass is 300 g/mol. The molecule has 0 unspecified atom stereocenters. The van der Waals surface area contributed by atoms with E-state index in [0.29, 0.717) is 12.2 Å². The standard InChI is InChI=1S/C19H28N2O/c1-4-5-10-20-18-14-9-7-6-8-13(14)17-15(21-18)11-19(2,3)12-16(17)22/h4-12H2,1-3H3,(H,20,21). The predicted octanol–water partition coefficient (Wildman–Crippen LogP) is 4.33. The molecule has 3 nitrogen and oxygen atoms in total. The minimum Gasteiger partial charge on any atom is -0.370 e. The summed E-state index contributed by atoms with van der Waals surface area (Å²) in [6.45, 7) is 7.54. The van der Waals surface area contributed by atoms with Crippen LogP contribution in [-0.4, -0.2) is 17.3 Å². The first kappa shape index (κ1) is 15.5. The number of nitrogens with zero attached hydrogens (tertiary/aromatic N) is 1. The lowest BCUT2D eigenvalue weighted by Crippen LogP contribution is -2.30. The normalized spacial score (nSPS) is 19.5. The molecule has 1 aromatic rings. The number of nitrogens with one attached hydrogen (secondary N) is 1. The molecule has 0 radical (unpaired) electrons. The SMILES string of the molecule is CCCCNc1nc2c(c3c1CCCC3)C(=O)CC(C)(C)C2. The molecule has 2 aliphatic carbocycles. The van der Waals surface area contributed by atoms with Crippen molar-refractivity contribution in [3.8, 4) is 0 Å². The van der Waals surface area contributed by atoms with E-state index in [2.05, 4.69) is 26.1 Å². The van der Waals surface area contributed by atoms with Gasteiger partial charge in [-0.1, -0.05) is 27.2 Å². The van der Waals surface area contributed by atoms with E-state index in [1.165, 1.54) is 30.4 Å². The Balaban J connectivity index is 2.04. The second-order valence-corrected chi connectivity index (χ2v) is 7.67. The summed E-state index contributed by atoms with van der Waals surface area (Å²) < 4.78 is 0. The number of hydrogen-bond acceptors (Lipinski definition) is 3. The van der Waals surface area contributed by atoms with E-state index in [0.717, 1.165) is 49.3 Å². The first-order chi connectivity index (χ1) is 10.5. The van der Waals surface area contributed by atoms with Gasteiger partial charge >= 0.3 is 0 Å². The second kappa shape index (κ2) is 6.02. The van der Waals surface area contributed by atoms with Crippen LogP contribution < -0.4 is 5.32 Å². The summed E-state index contributed by atoms with van der Waals surface area (Å²) in [5.74, 6) is 1.38. The van der Waals surface area contributed by atoms with Crippen molar-refractivity contribution < 1.29 is 4.79 Å². The van der Waals surface area contributed by atoms with Crippen LogP contribution in [0.2, 0.25) is 0 Å². The zero-order chi connectivity index (χ0) is 15.7. The Morgan fingerprint density at radius 1 is 1.14 bits per heavy atom. The molecule has 0 aliphatic heterocycles. The van der Waals surface area contributed by atoms with Crippen LogP contribution in [0.1, 0.15) is 80.1 Å². The number of unbranched alkanes of at least 4 members (excludes halogenated alkanes) is 1. The Labute approximate surface area is 133 Å². The minimum atomic E-state index is 0.0423. The van der Waals surface area contributed by atoms with Crippen LogP contribution in [0.4, 0.5) is 5.82 Å². The fourth-order valence-corrected chi connectivity index (χ4v) is 3.90. The summed E-state index contributed by atoms with van der Waals surface area (Å²) in [6, 6.07) is 0. The van der Waals surface area contributed by atoms with Crippen molar-refractivity contribution in [2.45, 2.75) is 72.1 Å². The Kier molecular flexibility index (Phi) is 4.24. The summed E-state index contributed by atoms with van der Waals surface area (Å²) in [7, 11) is 0. The number of carbonyl (C=O) groups excluding carboxylic acids is 1. The van der Waals surface area contributed by atoms with Gasteiger partial charge in [-0.25, -0.2) is 4.98 Å². The highest BCUT2D eigenvalue weighted by Gasteiger charge is 2.35. The second-order valence-electron chi connectivity index (χ2n) is 7.67. The zero-order valence-corrected chi connectivity index (χ0v) is 14.2. The van der Waals surface area contributed by atoms with Crippen molar-refractivity contribution in [1.29, 1.82) is 0 Å². The molecule has 0 spiro atoms. The Morgan fingerprint density at radius 3 is 2.59 bits per heavy atom. The van der Waals surface area contributed by atoms with E-state index in [-0.39, 0.29) is 5.41 Å². The lowest BCUT2D eigenvalue weighted by atomic mass is 9.72. The van der Waals surface area contributed by atoms with Crippen molar-refractivity contribution in [2.75, 3.05) is 11.9 Å². The van der Waals surface area contributed by atoms with Gasteiger partial charge in [0.05, 0.1) is 5.69 Å². The minimum absolute atomic E-state index is 0.0423. The maximum absolute atomic E-state index is 12.7. The van der Waals surface area contributed by atoms with Crippen LogP contribution in [0.5, 0.6) is 0 Å². The first-order valence-electron chi connectivity index (χ1n) is 8.83. The lowest BCUT2D eigenvalue weighted by molar-refractivity contribution is 0.0908. The molecule has 2 aliphatic rings. The third-order valence-electron chi connectivity index (χ3n) is 4.98. The highest BCUT2D eigenvalue weighted by atomic mass is 16.1. The van der Waals surface area contributed by atoms with Gasteiger partial charge in [-0.15, -0.1) is 0 Å². The summed E-state index contributed by atoms with van der Waals surface area (Å²) in [5.41, 5.74) is 4.71. The molecule has 1 heterocycles. The van der Waals surface area contributed by atoms with Crippen LogP contribution in [0.25, 0.3) is 0 Å². The quantitative estimate of drug-likeness (QED) is 0.842. The van der Waals surface area contributed by atoms with Gasteiger partial charge in [0.25, 0.3) is 0 Å². The van der Waals surface area contributed by atoms with E-state index in [1.807, 2.05) is 0 Å². The van der Waals surface area contributed by atoms with Gasteiger partial charge in [0.1, 0.15) is 5.82 Å². The van der Waals surface area contributed by atoms with Crippen LogP contribution in [0, 0.1) is 5.41 Å². The van der Waals surface area contributed by atoms with Gasteiger partial charge in [0, 0.05) is 18.5 Å². The van der Waals surface area contributed by atoms with E-state index in [1.54, 1.807) is 0 Å². The first-order valence-corrected chi connectivity index (χ1v) is 8.83. The molecule has 0 fully saturated rings. The number of rotatable bonds is 4. The number of anilines is 1. The maximum Gasteiger partial charge on any atom is 0.165 e. The van der Waals surface area contributed by atoms with E-state index in [9.17, 15) is 4.79 Å². The number of Topliss-reactive ketones (excluding diaryl/α,β-unsaturated/α-hetero) is 1.